The molecule has 94 valence electrons. The van der Waals surface area contributed by atoms with Crippen LogP contribution in [0.1, 0.15) is 0 Å². The predicted molar refractivity (Wildman–Crippen MR) is 73.4 cm³/mol. The zero-order chi connectivity index (χ0) is 13.0. The molecule has 1 aromatic heterocycles. The molecule has 2 rings (SSSR count). The minimum absolute atomic E-state index is 0.00395. The van der Waals surface area contributed by atoms with Gasteiger partial charge in [-0.25, -0.2) is 4.98 Å². The third-order valence-corrected chi connectivity index (χ3v) is 3.67. The quantitative estimate of drug-likeness (QED) is 0.855. The van der Waals surface area contributed by atoms with Crippen LogP contribution in [-0.2, 0) is 11.8 Å². The molecule has 0 aliphatic rings. The van der Waals surface area contributed by atoms with Gasteiger partial charge in [0.05, 0.1) is 17.6 Å². The van der Waals surface area contributed by atoms with Gasteiger partial charge in [0.15, 0.2) is 5.16 Å². The highest BCUT2D eigenvalue weighted by Crippen LogP contribution is 2.24. The van der Waals surface area contributed by atoms with Gasteiger partial charge in [-0.1, -0.05) is 42.1 Å². The van der Waals surface area contributed by atoms with Gasteiger partial charge in [0, 0.05) is 14.1 Å². The standard InChI is InChI=1S/C13H15N3OS/c1-14-12(17)9-18-13-15-8-11(16(13)2)10-6-4-3-5-7-10/h3-8H,9H2,1-2H3,(H,14,17). The molecule has 0 atom stereocenters. The molecule has 18 heavy (non-hydrogen) atoms. The third kappa shape index (κ3) is 2.73. The van der Waals surface area contributed by atoms with Gasteiger partial charge in [-0.05, 0) is 5.56 Å². The van der Waals surface area contributed by atoms with E-state index in [1.807, 2.05) is 48.1 Å². The van der Waals surface area contributed by atoms with E-state index >= 15 is 0 Å². The molecule has 5 heteroatoms. The summed E-state index contributed by atoms with van der Waals surface area (Å²) in [5.41, 5.74) is 2.18. The Balaban J connectivity index is 2.17. The Morgan fingerprint density at radius 3 is 2.78 bits per heavy atom. The maximum atomic E-state index is 11.2. The first-order valence-electron chi connectivity index (χ1n) is 5.63. The Labute approximate surface area is 110 Å². The number of aromatic nitrogens is 2. The SMILES string of the molecule is CNC(=O)CSc1ncc(-c2ccccc2)n1C. The zero-order valence-electron chi connectivity index (χ0n) is 10.4. The molecule has 1 N–H and O–H groups in total. The molecule has 0 saturated heterocycles. The molecule has 4 nitrogen and oxygen atoms in total. The van der Waals surface area contributed by atoms with Crippen molar-refractivity contribution < 1.29 is 4.79 Å². The van der Waals surface area contributed by atoms with Gasteiger partial charge < -0.3 is 9.88 Å². The molecule has 1 aromatic carbocycles. The van der Waals surface area contributed by atoms with Crippen LogP contribution in [0.3, 0.4) is 0 Å². The van der Waals surface area contributed by atoms with Crippen molar-refractivity contribution in [1.29, 1.82) is 0 Å². The lowest BCUT2D eigenvalue weighted by Crippen LogP contribution is -2.20. The van der Waals surface area contributed by atoms with Crippen LogP contribution in [0.4, 0.5) is 0 Å². The van der Waals surface area contributed by atoms with Gasteiger partial charge in [0.1, 0.15) is 0 Å². The van der Waals surface area contributed by atoms with E-state index in [0.29, 0.717) is 5.75 Å². The molecule has 0 saturated carbocycles. The summed E-state index contributed by atoms with van der Waals surface area (Å²) >= 11 is 1.44. The Morgan fingerprint density at radius 2 is 2.11 bits per heavy atom. The fourth-order valence-corrected chi connectivity index (χ4v) is 2.43. The molecule has 0 radical (unpaired) electrons. The van der Waals surface area contributed by atoms with Crippen LogP contribution in [0.2, 0.25) is 0 Å². The number of hydrogen-bond donors (Lipinski definition) is 1. The van der Waals surface area contributed by atoms with Crippen LogP contribution in [0.15, 0.2) is 41.7 Å². The molecule has 0 fully saturated rings. The molecule has 1 heterocycles. The van der Waals surface area contributed by atoms with Crippen LogP contribution in [0, 0.1) is 0 Å². The van der Waals surface area contributed by atoms with E-state index in [-0.39, 0.29) is 5.91 Å². The second-order valence-electron chi connectivity index (χ2n) is 3.81. The molecule has 0 unspecified atom stereocenters. The molecule has 0 spiro atoms. The van der Waals surface area contributed by atoms with Gasteiger partial charge in [-0.3, -0.25) is 4.79 Å². The van der Waals surface area contributed by atoms with Gasteiger partial charge in [-0.2, -0.15) is 0 Å². The van der Waals surface area contributed by atoms with Crippen LogP contribution < -0.4 is 5.32 Å². The number of amides is 1. The highest BCUT2D eigenvalue weighted by molar-refractivity contribution is 7.99. The lowest BCUT2D eigenvalue weighted by atomic mass is 10.2. The predicted octanol–water partition coefficient (Wildman–Crippen LogP) is 1.93. The second-order valence-corrected chi connectivity index (χ2v) is 4.76. The number of thioether (sulfide) groups is 1. The van der Waals surface area contributed by atoms with Crippen LogP contribution in [-0.4, -0.2) is 28.3 Å². The van der Waals surface area contributed by atoms with Crippen LogP contribution in [0.25, 0.3) is 11.3 Å². The van der Waals surface area contributed by atoms with E-state index in [0.717, 1.165) is 16.4 Å². The smallest absolute Gasteiger partial charge is 0.230 e. The van der Waals surface area contributed by atoms with E-state index in [9.17, 15) is 4.79 Å². The Bertz CT molecular complexity index is 536. The minimum Gasteiger partial charge on any atom is -0.358 e. The summed E-state index contributed by atoms with van der Waals surface area (Å²) in [5.74, 6) is 0.388. The number of imidazole rings is 1. The summed E-state index contributed by atoms with van der Waals surface area (Å²) < 4.78 is 2.00. The van der Waals surface area contributed by atoms with Crippen molar-refractivity contribution in [2.75, 3.05) is 12.8 Å². The highest BCUT2D eigenvalue weighted by Gasteiger charge is 2.10. The summed E-state index contributed by atoms with van der Waals surface area (Å²) in [6, 6.07) is 10.1. The second kappa shape index (κ2) is 5.73. The summed E-state index contributed by atoms with van der Waals surface area (Å²) in [6.45, 7) is 0. The molecule has 0 aliphatic carbocycles. The highest BCUT2D eigenvalue weighted by atomic mass is 32.2. The number of carbonyl (C=O) groups excluding carboxylic acids is 1. The van der Waals surface area contributed by atoms with Gasteiger partial charge in [0.25, 0.3) is 0 Å². The average Bonchev–Trinajstić information content (AvgIpc) is 2.78. The number of carbonyl (C=O) groups is 1. The minimum atomic E-state index is 0.00395. The fraction of sp³-hybridized carbons (Fsp3) is 0.231. The fourth-order valence-electron chi connectivity index (χ4n) is 1.61. The van der Waals surface area contributed by atoms with E-state index in [1.165, 1.54) is 11.8 Å². The van der Waals surface area contributed by atoms with E-state index < -0.39 is 0 Å². The molecule has 0 bridgehead atoms. The zero-order valence-corrected chi connectivity index (χ0v) is 11.2. The average molecular weight is 261 g/mol. The van der Waals surface area contributed by atoms with Crippen LogP contribution in [0.5, 0.6) is 0 Å². The summed E-state index contributed by atoms with van der Waals surface area (Å²) in [7, 11) is 3.60. The van der Waals surface area contributed by atoms with Gasteiger partial charge in [0.2, 0.25) is 5.91 Å². The molecular weight excluding hydrogens is 246 g/mol. The van der Waals surface area contributed by atoms with Crippen molar-refractivity contribution in [3.63, 3.8) is 0 Å². The maximum absolute atomic E-state index is 11.2. The first kappa shape index (κ1) is 12.7. The molecule has 2 aromatic rings. The first-order chi connectivity index (χ1) is 8.72. The number of benzene rings is 1. The molecule has 1 amide bonds. The van der Waals surface area contributed by atoms with Crippen molar-refractivity contribution in [2.24, 2.45) is 7.05 Å². The first-order valence-corrected chi connectivity index (χ1v) is 6.61. The largest absolute Gasteiger partial charge is 0.358 e. The topological polar surface area (TPSA) is 46.9 Å². The lowest BCUT2D eigenvalue weighted by Gasteiger charge is -2.05. The van der Waals surface area contributed by atoms with Crippen molar-refractivity contribution >= 4 is 17.7 Å². The Kier molecular flexibility index (Phi) is 4.04. The summed E-state index contributed by atoms with van der Waals surface area (Å²) in [6.07, 6.45) is 1.83. The van der Waals surface area contributed by atoms with Gasteiger partial charge in [-0.15, -0.1) is 0 Å². The maximum Gasteiger partial charge on any atom is 0.230 e. The lowest BCUT2D eigenvalue weighted by molar-refractivity contribution is -0.118. The van der Waals surface area contributed by atoms with Crippen molar-refractivity contribution in [1.82, 2.24) is 14.9 Å². The summed E-state index contributed by atoms with van der Waals surface area (Å²) in [5, 5.41) is 3.44. The number of nitrogens with zero attached hydrogens (tertiary/aromatic N) is 2. The summed E-state index contributed by atoms with van der Waals surface area (Å²) in [4.78, 5) is 15.5. The van der Waals surface area contributed by atoms with E-state index in [1.54, 1.807) is 7.05 Å². The van der Waals surface area contributed by atoms with Crippen molar-refractivity contribution in [3.05, 3.63) is 36.5 Å². The normalized spacial score (nSPS) is 10.3. The van der Waals surface area contributed by atoms with E-state index in [4.69, 9.17) is 0 Å². The third-order valence-electron chi connectivity index (χ3n) is 2.63. The van der Waals surface area contributed by atoms with Crippen molar-refractivity contribution in [3.8, 4) is 11.3 Å². The number of hydrogen-bond acceptors (Lipinski definition) is 3. The number of nitrogens with one attached hydrogen (secondary N) is 1. The van der Waals surface area contributed by atoms with E-state index in [2.05, 4.69) is 10.3 Å². The van der Waals surface area contributed by atoms with Crippen molar-refractivity contribution in [2.45, 2.75) is 5.16 Å². The van der Waals surface area contributed by atoms with Crippen LogP contribution >= 0.6 is 11.8 Å². The van der Waals surface area contributed by atoms with Gasteiger partial charge >= 0.3 is 0 Å². The number of rotatable bonds is 4. The Hall–Kier alpha value is -1.75. The monoisotopic (exact) mass is 261 g/mol. The molecule has 0 aliphatic heterocycles. The Morgan fingerprint density at radius 1 is 1.39 bits per heavy atom. The molecular formula is C13H15N3OS.